The van der Waals surface area contributed by atoms with Gasteiger partial charge in [0.1, 0.15) is 12.3 Å². The zero-order valence-electron chi connectivity index (χ0n) is 22.0. The smallest absolute Gasteiger partial charge is 0.264 e. The molecule has 0 heterocycles. The van der Waals surface area contributed by atoms with Crippen molar-refractivity contribution in [2.75, 3.05) is 42.1 Å². The maximum atomic E-state index is 13.8. The van der Waals surface area contributed by atoms with Crippen LogP contribution in [0.3, 0.4) is 0 Å². The minimum Gasteiger partial charge on any atom is -0.492 e. The number of nitrogens with zero attached hydrogens (tertiary/aromatic N) is 2. The van der Waals surface area contributed by atoms with Crippen molar-refractivity contribution in [3.8, 4) is 5.75 Å². The summed E-state index contributed by atoms with van der Waals surface area (Å²) >= 11 is 1.50. The van der Waals surface area contributed by atoms with Crippen molar-refractivity contribution in [2.24, 2.45) is 0 Å². The molecule has 38 heavy (non-hydrogen) atoms. The highest BCUT2D eigenvalue weighted by Gasteiger charge is 2.30. The van der Waals surface area contributed by atoms with Crippen LogP contribution >= 0.6 is 11.8 Å². The third kappa shape index (κ3) is 6.68. The average Bonchev–Trinajstić information content (AvgIpc) is 2.93. The Hall–Kier alpha value is -3.50. The molecule has 3 aromatic rings. The Bertz CT molecular complexity index is 1360. The van der Waals surface area contributed by atoms with Gasteiger partial charge in [0.15, 0.2) is 0 Å². The Kier molecular flexibility index (Phi) is 10.2. The van der Waals surface area contributed by atoms with Crippen LogP contribution in [0.5, 0.6) is 5.75 Å². The van der Waals surface area contributed by atoms with E-state index in [0.29, 0.717) is 36.7 Å². The van der Waals surface area contributed by atoms with Crippen LogP contribution in [-0.4, -0.2) is 57.6 Å². The van der Waals surface area contributed by atoms with Gasteiger partial charge in [-0.25, -0.2) is 8.42 Å². The molecular formula is C28H33N3O5S2. The van der Waals surface area contributed by atoms with E-state index in [-0.39, 0.29) is 16.5 Å². The van der Waals surface area contributed by atoms with Crippen LogP contribution in [0.4, 0.5) is 11.4 Å². The molecule has 10 heteroatoms. The predicted octanol–water partition coefficient (Wildman–Crippen LogP) is 5.12. The van der Waals surface area contributed by atoms with Gasteiger partial charge in [-0.1, -0.05) is 24.3 Å². The maximum Gasteiger partial charge on any atom is 0.264 e. The van der Waals surface area contributed by atoms with Crippen LogP contribution in [-0.2, 0) is 14.8 Å². The van der Waals surface area contributed by atoms with Crippen molar-refractivity contribution in [3.63, 3.8) is 0 Å². The topological polar surface area (TPSA) is 96.0 Å². The molecule has 0 atom stereocenters. The van der Waals surface area contributed by atoms with E-state index >= 15 is 0 Å². The van der Waals surface area contributed by atoms with E-state index in [1.807, 2.05) is 20.1 Å². The number of rotatable bonds is 12. The zero-order valence-corrected chi connectivity index (χ0v) is 23.6. The van der Waals surface area contributed by atoms with Crippen molar-refractivity contribution < 1.29 is 22.7 Å². The number of anilines is 2. The number of carbonyl (C=O) groups excluding carboxylic acids is 2. The number of para-hydroxylation sites is 3. The molecule has 0 aliphatic heterocycles. The Morgan fingerprint density at radius 1 is 0.895 bits per heavy atom. The summed E-state index contributed by atoms with van der Waals surface area (Å²) in [5.74, 6) is -0.476. The molecule has 1 N–H and O–H groups in total. The number of thioether (sulfide) groups is 1. The van der Waals surface area contributed by atoms with Crippen molar-refractivity contribution in [3.05, 3.63) is 78.4 Å². The van der Waals surface area contributed by atoms with Gasteiger partial charge in [0.25, 0.3) is 15.9 Å². The number of carbonyl (C=O) groups is 2. The lowest BCUT2D eigenvalue weighted by Gasteiger charge is -2.26. The van der Waals surface area contributed by atoms with Gasteiger partial charge in [-0.2, -0.15) is 0 Å². The molecular weight excluding hydrogens is 522 g/mol. The molecule has 8 nitrogen and oxygen atoms in total. The van der Waals surface area contributed by atoms with Gasteiger partial charge in [-0.3, -0.25) is 13.9 Å². The summed E-state index contributed by atoms with van der Waals surface area (Å²) in [5, 5.41) is 2.75. The Balaban J connectivity index is 2.00. The number of amides is 2. The fourth-order valence-electron chi connectivity index (χ4n) is 3.90. The maximum absolute atomic E-state index is 13.8. The first kappa shape index (κ1) is 29.1. The molecule has 3 aromatic carbocycles. The fraction of sp³-hybridized carbons (Fsp3) is 0.286. The van der Waals surface area contributed by atoms with Gasteiger partial charge >= 0.3 is 0 Å². The van der Waals surface area contributed by atoms with Gasteiger partial charge in [0.2, 0.25) is 5.91 Å². The third-order valence-electron chi connectivity index (χ3n) is 5.85. The van der Waals surface area contributed by atoms with Crippen molar-refractivity contribution in [2.45, 2.75) is 30.6 Å². The van der Waals surface area contributed by atoms with Gasteiger partial charge in [-0.15, -0.1) is 11.8 Å². The van der Waals surface area contributed by atoms with Crippen LogP contribution in [0.2, 0.25) is 0 Å². The average molecular weight is 556 g/mol. The molecule has 3 rings (SSSR count). The first-order valence-corrected chi connectivity index (χ1v) is 15.0. The third-order valence-corrected chi connectivity index (χ3v) is 8.37. The normalized spacial score (nSPS) is 11.1. The summed E-state index contributed by atoms with van der Waals surface area (Å²) in [6, 6.07) is 19.9. The Labute approximate surface area is 229 Å². The summed E-state index contributed by atoms with van der Waals surface area (Å²) in [6.45, 7) is 6.40. The fourth-order valence-corrected chi connectivity index (χ4v) is 5.74. The van der Waals surface area contributed by atoms with E-state index in [1.165, 1.54) is 23.9 Å². The van der Waals surface area contributed by atoms with Crippen LogP contribution in [0, 0.1) is 0 Å². The van der Waals surface area contributed by atoms with Crippen molar-refractivity contribution >= 4 is 45.0 Å². The van der Waals surface area contributed by atoms with Gasteiger partial charge < -0.3 is 15.0 Å². The highest BCUT2D eigenvalue weighted by Crippen LogP contribution is 2.33. The highest BCUT2D eigenvalue weighted by molar-refractivity contribution is 7.98. The van der Waals surface area contributed by atoms with Crippen molar-refractivity contribution in [1.29, 1.82) is 0 Å². The summed E-state index contributed by atoms with van der Waals surface area (Å²) in [4.78, 5) is 29.0. The number of ether oxygens (including phenoxy) is 1. The van der Waals surface area contributed by atoms with Crippen LogP contribution in [0.1, 0.15) is 31.1 Å². The molecule has 0 saturated carbocycles. The van der Waals surface area contributed by atoms with E-state index < -0.39 is 22.5 Å². The van der Waals surface area contributed by atoms with Crippen molar-refractivity contribution in [1.82, 2.24) is 4.90 Å². The summed E-state index contributed by atoms with van der Waals surface area (Å²) in [5.41, 5.74) is 0.890. The highest BCUT2D eigenvalue weighted by atomic mass is 32.2. The van der Waals surface area contributed by atoms with Crippen LogP contribution in [0.15, 0.2) is 82.6 Å². The molecule has 0 bridgehead atoms. The first-order chi connectivity index (χ1) is 18.3. The molecule has 0 radical (unpaired) electrons. The molecule has 0 aliphatic rings. The minimum absolute atomic E-state index is 0.0477. The molecule has 0 aromatic heterocycles. The molecule has 0 fully saturated rings. The van der Waals surface area contributed by atoms with Crippen LogP contribution < -0.4 is 14.4 Å². The molecule has 0 aliphatic carbocycles. The van der Waals surface area contributed by atoms with Gasteiger partial charge in [0.05, 0.1) is 28.4 Å². The summed E-state index contributed by atoms with van der Waals surface area (Å²) in [7, 11) is -4.15. The standard InChI is InChI=1S/C28H33N3O5S2/c1-5-30(6-2)28(33)23-12-8-9-13-24(23)29-27(32)20-31(25-14-10-11-15-26(25)36-7-3)38(34,35)22-18-16-21(37-4)17-19-22/h8-19H,5-7,20H2,1-4H3,(H,29,32). The number of hydrogen-bond acceptors (Lipinski definition) is 6. The number of hydrogen-bond donors (Lipinski definition) is 1. The lowest BCUT2D eigenvalue weighted by atomic mass is 10.1. The zero-order chi connectivity index (χ0) is 27.7. The first-order valence-electron chi connectivity index (χ1n) is 12.3. The van der Waals surface area contributed by atoms with Crippen LogP contribution in [0.25, 0.3) is 0 Å². The van der Waals surface area contributed by atoms with Gasteiger partial charge in [-0.05, 0) is 75.6 Å². The second-order valence-corrected chi connectivity index (χ2v) is 10.9. The largest absolute Gasteiger partial charge is 0.492 e. The lowest BCUT2D eigenvalue weighted by molar-refractivity contribution is -0.114. The Morgan fingerprint density at radius 3 is 2.16 bits per heavy atom. The molecule has 0 saturated heterocycles. The molecule has 0 spiro atoms. The predicted molar refractivity (Wildman–Crippen MR) is 153 cm³/mol. The second kappa shape index (κ2) is 13.3. The van der Waals surface area contributed by atoms with E-state index in [1.54, 1.807) is 72.5 Å². The molecule has 202 valence electrons. The monoisotopic (exact) mass is 555 g/mol. The number of sulfonamides is 1. The summed E-state index contributed by atoms with van der Waals surface area (Å²) < 4.78 is 34.4. The SMILES string of the molecule is CCOc1ccccc1N(CC(=O)Nc1ccccc1C(=O)N(CC)CC)S(=O)(=O)c1ccc(SC)cc1. The lowest BCUT2D eigenvalue weighted by Crippen LogP contribution is -2.39. The van der Waals surface area contributed by atoms with Gasteiger partial charge in [0, 0.05) is 18.0 Å². The van der Waals surface area contributed by atoms with E-state index in [9.17, 15) is 18.0 Å². The Morgan fingerprint density at radius 2 is 1.53 bits per heavy atom. The second-order valence-electron chi connectivity index (χ2n) is 8.16. The quantitative estimate of drug-likeness (QED) is 0.312. The molecule has 0 unspecified atom stereocenters. The number of benzene rings is 3. The van der Waals surface area contributed by atoms with E-state index in [0.717, 1.165) is 9.20 Å². The summed E-state index contributed by atoms with van der Waals surface area (Å²) in [6.07, 6.45) is 1.90. The van der Waals surface area contributed by atoms with E-state index in [2.05, 4.69) is 5.32 Å². The number of nitrogens with one attached hydrogen (secondary N) is 1. The minimum atomic E-state index is -4.15. The van der Waals surface area contributed by atoms with E-state index in [4.69, 9.17) is 4.74 Å². The molecule has 2 amide bonds.